The van der Waals surface area contributed by atoms with E-state index in [1.807, 2.05) is 24.3 Å². The van der Waals surface area contributed by atoms with Crippen LogP contribution in [0.3, 0.4) is 0 Å². The summed E-state index contributed by atoms with van der Waals surface area (Å²) in [5.41, 5.74) is 7.55. The second-order valence-corrected chi connectivity index (χ2v) is 4.51. The minimum absolute atomic E-state index is 0.475. The van der Waals surface area contributed by atoms with Crippen molar-refractivity contribution in [1.29, 1.82) is 0 Å². The highest BCUT2D eigenvalue weighted by molar-refractivity contribution is 9.11. The van der Waals surface area contributed by atoms with E-state index in [4.69, 9.17) is 5.73 Å². The van der Waals surface area contributed by atoms with Crippen LogP contribution in [-0.2, 0) is 0 Å². The molecule has 0 radical (unpaired) electrons. The van der Waals surface area contributed by atoms with E-state index in [0.717, 1.165) is 20.2 Å². The molecule has 2 aromatic rings. The maximum atomic E-state index is 5.61. The van der Waals surface area contributed by atoms with E-state index in [1.165, 1.54) is 0 Å². The molecular weight excluding hydrogens is 310 g/mol. The smallest absolute Gasteiger partial charge is 0.160 e. The average molecular weight is 317 g/mol. The van der Waals surface area contributed by atoms with Gasteiger partial charge in [-0.2, -0.15) is 5.10 Å². The van der Waals surface area contributed by atoms with Crippen molar-refractivity contribution >= 4 is 37.7 Å². The predicted molar refractivity (Wildman–Crippen MR) is 63.8 cm³/mol. The van der Waals surface area contributed by atoms with Crippen LogP contribution in [-0.4, -0.2) is 10.2 Å². The molecule has 0 spiro atoms. The van der Waals surface area contributed by atoms with Crippen molar-refractivity contribution in [3.05, 3.63) is 33.2 Å². The van der Waals surface area contributed by atoms with Gasteiger partial charge in [0, 0.05) is 10.0 Å². The lowest BCUT2D eigenvalue weighted by Crippen LogP contribution is -1.83. The first kappa shape index (κ1) is 9.73. The van der Waals surface area contributed by atoms with Crippen molar-refractivity contribution in [2.75, 3.05) is 5.73 Å². The molecule has 14 heavy (non-hydrogen) atoms. The van der Waals surface area contributed by atoms with Crippen molar-refractivity contribution in [3.8, 4) is 11.3 Å². The van der Waals surface area contributed by atoms with E-state index in [2.05, 4.69) is 42.1 Å². The Morgan fingerprint density at radius 2 is 1.79 bits per heavy atom. The van der Waals surface area contributed by atoms with Gasteiger partial charge in [-0.15, -0.1) is 0 Å². The summed E-state index contributed by atoms with van der Waals surface area (Å²) in [6, 6.07) is 7.92. The lowest BCUT2D eigenvalue weighted by atomic mass is 10.2. The van der Waals surface area contributed by atoms with Crippen molar-refractivity contribution in [2.45, 2.75) is 0 Å². The van der Waals surface area contributed by atoms with Gasteiger partial charge in [0.25, 0.3) is 0 Å². The summed E-state index contributed by atoms with van der Waals surface area (Å²) in [6.45, 7) is 0. The zero-order valence-corrected chi connectivity index (χ0v) is 10.3. The van der Waals surface area contributed by atoms with Crippen molar-refractivity contribution in [2.24, 2.45) is 0 Å². The highest BCUT2D eigenvalue weighted by Gasteiger charge is 2.08. The SMILES string of the molecule is Nc1n[nH]c(-c2ccc(Br)cc2)c1Br. The molecule has 0 unspecified atom stereocenters. The van der Waals surface area contributed by atoms with Crippen LogP contribution in [0.4, 0.5) is 5.82 Å². The maximum Gasteiger partial charge on any atom is 0.160 e. The summed E-state index contributed by atoms with van der Waals surface area (Å²) in [5.74, 6) is 0.475. The van der Waals surface area contributed by atoms with Crippen molar-refractivity contribution in [3.63, 3.8) is 0 Å². The van der Waals surface area contributed by atoms with Gasteiger partial charge in [0.15, 0.2) is 5.82 Å². The largest absolute Gasteiger partial charge is 0.381 e. The zero-order chi connectivity index (χ0) is 10.1. The number of aromatic amines is 1. The molecule has 1 heterocycles. The topological polar surface area (TPSA) is 54.7 Å². The van der Waals surface area contributed by atoms with Gasteiger partial charge in [-0.3, -0.25) is 5.10 Å². The molecule has 0 aliphatic heterocycles. The van der Waals surface area contributed by atoms with Gasteiger partial charge in [0.1, 0.15) is 0 Å². The van der Waals surface area contributed by atoms with Gasteiger partial charge in [-0.1, -0.05) is 28.1 Å². The van der Waals surface area contributed by atoms with Gasteiger partial charge in [-0.05, 0) is 28.1 Å². The second-order valence-electron chi connectivity index (χ2n) is 2.80. The molecule has 1 aromatic carbocycles. The Bertz CT molecular complexity index is 448. The summed E-state index contributed by atoms with van der Waals surface area (Å²) in [5, 5.41) is 6.78. The maximum absolute atomic E-state index is 5.61. The molecule has 0 saturated heterocycles. The van der Waals surface area contributed by atoms with Crippen LogP contribution in [0.25, 0.3) is 11.3 Å². The normalized spacial score (nSPS) is 10.4. The number of rotatable bonds is 1. The lowest BCUT2D eigenvalue weighted by molar-refractivity contribution is 1.10. The number of anilines is 1. The number of hydrogen-bond donors (Lipinski definition) is 2. The fraction of sp³-hybridized carbons (Fsp3) is 0. The lowest BCUT2D eigenvalue weighted by Gasteiger charge is -1.98. The summed E-state index contributed by atoms with van der Waals surface area (Å²) < 4.78 is 1.85. The number of halogens is 2. The van der Waals surface area contributed by atoms with Gasteiger partial charge in [0.05, 0.1) is 10.2 Å². The third-order valence-electron chi connectivity index (χ3n) is 1.87. The molecule has 5 heteroatoms. The van der Waals surface area contributed by atoms with E-state index in [1.54, 1.807) is 0 Å². The molecule has 1 aromatic heterocycles. The number of hydrogen-bond acceptors (Lipinski definition) is 2. The molecule has 2 rings (SSSR count). The summed E-state index contributed by atoms with van der Waals surface area (Å²) in [4.78, 5) is 0. The third-order valence-corrected chi connectivity index (χ3v) is 3.20. The van der Waals surface area contributed by atoms with Crippen LogP contribution in [0.15, 0.2) is 33.2 Å². The molecule has 0 fully saturated rings. The molecule has 3 nitrogen and oxygen atoms in total. The van der Waals surface area contributed by atoms with Gasteiger partial charge >= 0.3 is 0 Å². The Morgan fingerprint density at radius 3 is 2.29 bits per heavy atom. The van der Waals surface area contributed by atoms with E-state index < -0.39 is 0 Å². The number of nitrogens with two attached hydrogens (primary N) is 1. The molecule has 0 aliphatic carbocycles. The minimum atomic E-state index is 0.475. The predicted octanol–water partition coefficient (Wildman–Crippen LogP) is 3.18. The Kier molecular flexibility index (Phi) is 2.60. The van der Waals surface area contributed by atoms with Crippen molar-refractivity contribution < 1.29 is 0 Å². The number of H-pyrrole nitrogens is 1. The molecule has 72 valence electrons. The standard InChI is InChI=1S/C9H7Br2N3/c10-6-3-1-5(2-4-6)8-7(11)9(12)14-13-8/h1-4H,(H3,12,13,14). The zero-order valence-electron chi connectivity index (χ0n) is 7.09. The van der Waals surface area contributed by atoms with Gasteiger partial charge < -0.3 is 5.73 Å². The van der Waals surface area contributed by atoms with Crippen LogP contribution >= 0.6 is 31.9 Å². The van der Waals surface area contributed by atoms with E-state index in [0.29, 0.717) is 5.82 Å². The van der Waals surface area contributed by atoms with Gasteiger partial charge in [-0.25, -0.2) is 0 Å². The minimum Gasteiger partial charge on any atom is -0.381 e. The Morgan fingerprint density at radius 1 is 1.14 bits per heavy atom. The van der Waals surface area contributed by atoms with Crippen LogP contribution < -0.4 is 5.73 Å². The molecule has 0 atom stereocenters. The second kappa shape index (κ2) is 3.74. The Balaban J connectivity index is 2.49. The Labute approximate surface area is 98.0 Å². The monoisotopic (exact) mass is 315 g/mol. The Hall–Kier alpha value is -0.810. The summed E-state index contributed by atoms with van der Waals surface area (Å²) in [6.07, 6.45) is 0. The quantitative estimate of drug-likeness (QED) is 0.849. The first-order valence-electron chi connectivity index (χ1n) is 3.94. The number of nitrogen functional groups attached to an aromatic ring is 1. The summed E-state index contributed by atoms with van der Waals surface area (Å²) in [7, 11) is 0. The van der Waals surface area contributed by atoms with Crippen LogP contribution in [0.1, 0.15) is 0 Å². The number of nitrogens with zero attached hydrogens (tertiary/aromatic N) is 1. The van der Waals surface area contributed by atoms with Gasteiger partial charge in [0.2, 0.25) is 0 Å². The third kappa shape index (κ3) is 1.69. The fourth-order valence-corrected chi connectivity index (χ4v) is 1.82. The summed E-state index contributed by atoms with van der Waals surface area (Å²) >= 11 is 6.75. The highest BCUT2D eigenvalue weighted by Crippen LogP contribution is 2.30. The first-order chi connectivity index (χ1) is 6.68. The highest BCUT2D eigenvalue weighted by atomic mass is 79.9. The average Bonchev–Trinajstić information content (AvgIpc) is 2.50. The number of aromatic nitrogens is 2. The molecule has 0 bridgehead atoms. The van der Waals surface area contributed by atoms with E-state index in [-0.39, 0.29) is 0 Å². The van der Waals surface area contributed by atoms with Crippen LogP contribution in [0.2, 0.25) is 0 Å². The molecule has 3 N–H and O–H groups in total. The van der Waals surface area contributed by atoms with Crippen LogP contribution in [0, 0.1) is 0 Å². The first-order valence-corrected chi connectivity index (χ1v) is 5.52. The fourth-order valence-electron chi connectivity index (χ4n) is 1.15. The molecule has 0 saturated carbocycles. The number of benzene rings is 1. The molecular formula is C9H7Br2N3. The van der Waals surface area contributed by atoms with Crippen molar-refractivity contribution in [1.82, 2.24) is 10.2 Å². The number of nitrogens with one attached hydrogen (secondary N) is 1. The van der Waals surface area contributed by atoms with E-state index >= 15 is 0 Å². The van der Waals surface area contributed by atoms with Crippen LogP contribution in [0.5, 0.6) is 0 Å². The molecule has 0 amide bonds. The molecule has 0 aliphatic rings. The van der Waals surface area contributed by atoms with E-state index in [9.17, 15) is 0 Å².